The third-order valence-corrected chi connectivity index (χ3v) is 3.03. The molecule has 0 aromatic rings. The summed E-state index contributed by atoms with van der Waals surface area (Å²) in [6, 6.07) is 0.238. The van der Waals surface area contributed by atoms with E-state index in [2.05, 4.69) is 17.1 Å². The van der Waals surface area contributed by atoms with Crippen molar-refractivity contribution in [2.75, 3.05) is 26.2 Å². The van der Waals surface area contributed by atoms with Crippen molar-refractivity contribution in [3.8, 4) is 0 Å². The topological polar surface area (TPSA) is 58.4 Å². The van der Waals surface area contributed by atoms with Crippen LogP contribution in [0.5, 0.6) is 0 Å². The smallest absolute Gasteiger partial charge is 0.234 e. The van der Waals surface area contributed by atoms with E-state index in [-0.39, 0.29) is 24.4 Å². The minimum Gasteiger partial charge on any atom is -0.355 e. The summed E-state index contributed by atoms with van der Waals surface area (Å²) < 4.78 is 0. The number of nitrogens with two attached hydrogens (primary N) is 1. The number of likely N-dealkylation sites (tertiary alicyclic amines) is 1. The van der Waals surface area contributed by atoms with E-state index < -0.39 is 0 Å². The summed E-state index contributed by atoms with van der Waals surface area (Å²) in [6.07, 6.45) is 2.36. The van der Waals surface area contributed by atoms with Crippen molar-refractivity contribution >= 4 is 18.3 Å². The van der Waals surface area contributed by atoms with Gasteiger partial charge in [-0.05, 0) is 39.2 Å². The summed E-state index contributed by atoms with van der Waals surface area (Å²) in [6.45, 7) is 7.23. The number of carbonyl (C=O) groups is 1. The average molecular weight is 250 g/mol. The van der Waals surface area contributed by atoms with Crippen LogP contribution in [-0.4, -0.2) is 43.0 Å². The van der Waals surface area contributed by atoms with Gasteiger partial charge < -0.3 is 11.1 Å². The SMILES string of the molecule is CCNC(=O)CN1CCCC(C(C)N)C1.Cl. The van der Waals surface area contributed by atoms with Crippen molar-refractivity contribution in [2.24, 2.45) is 11.7 Å². The Balaban J connectivity index is 0.00000225. The van der Waals surface area contributed by atoms with Crippen LogP contribution in [0.25, 0.3) is 0 Å². The Kier molecular flexibility index (Phi) is 7.72. The van der Waals surface area contributed by atoms with E-state index in [0.717, 1.165) is 19.5 Å². The van der Waals surface area contributed by atoms with Gasteiger partial charge in [0, 0.05) is 19.1 Å². The minimum absolute atomic E-state index is 0. The standard InChI is InChI=1S/C11H23N3O.ClH/c1-3-13-11(15)8-14-6-4-5-10(7-14)9(2)12;/h9-10H,3-8,12H2,1-2H3,(H,13,15);1H. The molecule has 1 saturated heterocycles. The second-order valence-corrected chi connectivity index (χ2v) is 4.45. The molecular formula is C11H24ClN3O. The Morgan fingerprint density at radius 3 is 2.88 bits per heavy atom. The fourth-order valence-corrected chi connectivity index (χ4v) is 2.12. The molecule has 1 amide bonds. The molecule has 0 aliphatic carbocycles. The number of hydrogen-bond acceptors (Lipinski definition) is 3. The van der Waals surface area contributed by atoms with E-state index in [1.165, 1.54) is 6.42 Å². The normalized spacial score (nSPS) is 23.3. The molecule has 0 saturated carbocycles. The van der Waals surface area contributed by atoms with Gasteiger partial charge in [-0.1, -0.05) is 0 Å². The number of hydrogen-bond donors (Lipinski definition) is 2. The van der Waals surface area contributed by atoms with Crippen LogP contribution in [0.4, 0.5) is 0 Å². The van der Waals surface area contributed by atoms with Crippen LogP contribution in [0, 0.1) is 5.92 Å². The van der Waals surface area contributed by atoms with Crippen LogP contribution in [0.15, 0.2) is 0 Å². The molecule has 1 aliphatic heterocycles. The number of nitrogens with zero attached hydrogens (tertiary/aromatic N) is 1. The molecule has 0 bridgehead atoms. The van der Waals surface area contributed by atoms with Gasteiger partial charge in [-0.2, -0.15) is 0 Å². The lowest BCUT2D eigenvalue weighted by atomic mass is 9.92. The van der Waals surface area contributed by atoms with Crippen LogP contribution in [0.2, 0.25) is 0 Å². The molecule has 1 rings (SSSR count). The zero-order chi connectivity index (χ0) is 11.3. The van der Waals surface area contributed by atoms with Crippen LogP contribution >= 0.6 is 12.4 Å². The largest absolute Gasteiger partial charge is 0.355 e. The monoisotopic (exact) mass is 249 g/mol. The fraction of sp³-hybridized carbons (Fsp3) is 0.909. The fourth-order valence-electron chi connectivity index (χ4n) is 2.12. The van der Waals surface area contributed by atoms with Crippen molar-refractivity contribution in [1.29, 1.82) is 0 Å². The van der Waals surface area contributed by atoms with Crippen molar-refractivity contribution < 1.29 is 4.79 Å². The average Bonchev–Trinajstić information content (AvgIpc) is 2.18. The zero-order valence-electron chi connectivity index (χ0n) is 10.2. The van der Waals surface area contributed by atoms with Crippen molar-refractivity contribution in [3.05, 3.63) is 0 Å². The second kappa shape index (κ2) is 7.87. The number of likely N-dealkylation sites (N-methyl/N-ethyl adjacent to an activating group) is 1. The first kappa shape index (κ1) is 15.7. The van der Waals surface area contributed by atoms with Crippen molar-refractivity contribution in [1.82, 2.24) is 10.2 Å². The second-order valence-electron chi connectivity index (χ2n) is 4.45. The molecule has 1 heterocycles. The lowest BCUT2D eigenvalue weighted by Crippen LogP contribution is -2.46. The Labute approximate surface area is 104 Å². The van der Waals surface area contributed by atoms with Crippen LogP contribution in [0.3, 0.4) is 0 Å². The third-order valence-electron chi connectivity index (χ3n) is 3.03. The van der Waals surface area contributed by atoms with Gasteiger partial charge in [0.05, 0.1) is 6.54 Å². The molecule has 3 N–H and O–H groups in total. The zero-order valence-corrected chi connectivity index (χ0v) is 11.1. The Morgan fingerprint density at radius 2 is 2.31 bits per heavy atom. The first-order chi connectivity index (χ1) is 7.13. The van der Waals surface area contributed by atoms with Gasteiger partial charge in [0.25, 0.3) is 0 Å². The predicted molar refractivity (Wildman–Crippen MR) is 68.7 cm³/mol. The molecule has 0 aromatic heterocycles. The maximum absolute atomic E-state index is 11.4. The van der Waals surface area contributed by atoms with E-state index in [1.807, 2.05) is 6.92 Å². The molecule has 0 radical (unpaired) electrons. The van der Waals surface area contributed by atoms with Crippen LogP contribution in [0.1, 0.15) is 26.7 Å². The van der Waals surface area contributed by atoms with Crippen molar-refractivity contribution in [2.45, 2.75) is 32.7 Å². The van der Waals surface area contributed by atoms with Gasteiger partial charge in [-0.3, -0.25) is 9.69 Å². The van der Waals surface area contributed by atoms with Gasteiger partial charge in [0.1, 0.15) is 0 Å². The van der Waals surface area contributed by atoms with Crippen LogP contribution in [-0.2, 0) is 4.79 Å². The molecule has 0 aromatic carbocycles. The minimum atomic E-state index is 0. The van der Waals surface area contributed by atoms with Gasteiger partial charge in [-0.25, -0.2) is 0 Å². The summed E-state index contributed by atoms with van der Waals surface area (Å²) in [5.41, 5.74) is 5.89. The van der Waals surface area contributed by atoms with Gasteiger partial charge >= 0.3 is 0 Å². The lowest BCUT2D eigenvalue weighted by molar-refractivity contribution is -0.122. The molecule has 0 spiro atoms. The Bertz CT molecular complexity index is 211. The first-order valence-corrected chi connectivity index (χ1v) is 5.88. The number of carbonyl (C=O) groups excluding carboxylic acids is 1. The summed E-state index contributed by atoms with van der Waals surface area (Å²) in [4.78, 5) is 13.6. The maximum Gasteiger partial charge on any atom is 0.234 e. The number of piperidine rings is 1. The molecule has 5 heteroatoms. The molecular weight excluding hydrogens is 226 g/mol. The molecule has 16 heavy (non-hydrogen) atoms. The highest BCUT2D eigenvalue weighted by Gasteiger charge is 2.23. The highest BCUT2D eigenvalue weighted by Crippen LogP contribution is 2.18. The highest BCUT2D eigenvalue weighted by molar-refractivity contribution is 5.85. The lowest BCUT2D eigenvalue weighted by Gasteiger charge is -2.34. The Morgan fingerprint density at radius 1 is 1.62 bits per heavy atom. The van der Waals surface area contributed by atoms with E-state index >= 15 is 0 Å². The number of rotatable bonds is 4. The molecule has 4 nitrogen and oxygen atoms in total. The Hall–Kier alpha value is -0.320. The van der Waals surface area contributed by atoms with E-state index in [0.29, 0.717) is 19.0 Å². The van der Waals surface area contributed by atoms with E-state index in [9.17, 15) is 4.79 Å². The number of amides is 1. The van der Waals surface area contributed by atoms with E-state index in [4.69, 9.17) is 5.73 Å². The molecule has 1 fully saturated rings. The first-order valence-electron chi connectivity index (χ1n) is 5.88. The number of nitrogens with one attached hydrogen (secondary N) is 1. The van der Waals surface area contributed by atoms with Crippen LogP contribution < -0.4 is 11.1 Å². The van der Waals surface area contributed by atoms with Gasteiger partial charge in [0.2, 0.25) is 5.91 Å². The van der Waals surface area contributed by atoms with Gasteiger partial charge in [0.15, 0.2) is 0 Å². The summed E-state index contributed by atoms with van der Waals surface area (Å²) in [5, 5.41) is 2.83. The van der Waals surface area contributed by atoms with E-state index in [1.54, 1.807) is 0 Å². The van der Waals surface area contributed by atoms with Crippen molar-refractivity contribution in [3.63, 3.8) is 0 Å². The highest BCUT2D eigenvalue weighted by atomic mass is 35.5. The molecule has 2 atom stereocenters. The summed E-state index contributed by atoms with van der Waals surface area (Å²) >= 11 is 0. The maximum atomic E-state index is 11.4. The quantitative estimate of drug-likeness (QED) is 0.767. The predicted octanol–water partition coefficient (Wildman–Crippen LogP) is 0.604. The third kappa shape index (κ3) is 5.14. The van der Waals surface area contributed by atoms with Gasteiger partial charge in [-0.15, -0.1) is 12.4 Å². The summed E-state index contributed by atoms with van der Waals surface area (Å²) in [5.74, 6) is 0.677. The number of halogens is 1. The molecule has 96 valence electrons. The molecule has 1 aliphatic rings. The summed E-state index contributed by atoms with van der Waals surface area (Å²) in [7, 11) is 0. The molecule has 2 unspecified atom stereocenters.